The van der Waals surface area contributed by atoms with Gasteiger partial charge in [-0.15, -0.1) is 0 Å². The molecular weight excluding hydrogens is 426 g/mol. The first-order valence-corrected chi connectivity index (χ1v) is 8.68. The lowest BCUT2D eigenvalue weighted by Gasteiger charge is -2.12. The topological polar surface area (TPSA) is 94.3 Å². The second-order valence-corrected chi connectivity index (χ2v) is 7.39. The van der Waals surface area contributed by atoms with E-state index in [2.05, 4.69) is 41.6 Å². The summed E-state index contributed by atoms with van der Waals surface area (Å²) >= 11 is 6.45. The first-order chi connectivity index (χ1) is 9.83. The fraction of sp³-hybridized carbons (Fsp3) is 0.0833. The van der Waals surface area contributed by atoms with E-state index in [0.717, 1.165) is 0 Å². The summed E-state index contributed by atoms with van der Waals surface area (Å²) in [5.41, 5.74) is 6.23. The SMILES string of the molecule is COc1ccc(NS(=O)(=O)c2c(N)cc(Br)cc2Br)cn1. The molecule has 1 heterocycles. The lowest BCUT2D eigenvalue weighted by molar-refractivity contribution is 0.398. The molecule has 6 nitrogen and oxygen atoms in total. The maximum Gasteiger partial charge on any atom is 0.265 e. The number of nitrogens with zero attached hydrogens (tertiary/aromatic N) is 1. The van der Waals surface area contributed by atoms with Gasteiger partial charge in [0.1, 0.15) is 4.90 Å². The van der Waals surface area contributed by atoms with Crippen LogP contribution in [0.5, 0.6) is 5.88 Å². The molecule has 0 amide bonds. The van der Waals surface area contributed by atoms with Crippen LogP contribution in [0.2, 0.25) is 0 Å². The van der Waals surface area contributed by atoms with Crippen molar-refractivity contribution in [3.05, 3.63) is 39.4 Å². The van der Waals surface area contributed by atoms with Crippen LogP contribution in [0.4, 0.5) is 11.4 Å². The van der Waals surface area contributed by atoms with E-state index in [1.807, 2.05) is 0 Å². The smallest absolute Gasteiger partial charge is 0.265 e. The van der Waals surface area contributed by atoms with Crippen molar-refractivity contribution in [2.75, 3.05) is 17.6 Å². The Morgan fingerprint density at radius 3 is 2.52 bits per heavy atom. The molecule has 0 aliphatic heterocycles. The Hall–Kier alpha value is -1.32. The van der Waals surface area contributed by atoms with E-state index in [1.54, 1.807) is 18.2 Å². The number of nitrogens with one attached hydrogen (secondary N) is 1. The van der Waals surface area contributed by atoms with Crippen molar-refractivity contribution in [3.8, 4) is 5.88 Å². The number of hydrogen-bond acceptors (Lipinski definition) is 5. The molecule has 0 aliphatic carbocycles. The van der Waals surface area contributed by atoms with E-state index in [1.165, 1.54) is 19.4 Å². The Morgan fingerprint density at radius 2 is 2.00 bits per heavy atom. The molecule has 0 spiro atoms. The molecule has 1 aromatic carbocycles. The summed E-state index contributed by atoms with van der Waals surface area (Å²) in [5, 5.41) is 0. The van der Waals surface area contributed by atoms with Crippen molar-refractivity contribution in [1.82, 2.24) is 4.98 Å². The monoisotopic (exact) mass is 435 g/mol. The molecule has 0 saturated carbocycles. The molecule has 2 rings (SSSR count). The van der Waals surface area contributed by atoms with Crippen LogP contribution in [0.15, 0.2) is 44.3 Å². The Morgan fingerprint density at radius 1 is 1.29 bits per heavy atom. The minimum atomic E-state index is -3.83. The van der Waals surface area contributed by atoms with Crippen LogP contribution in [0.25, 0.3) is 0 Å². The predicted molar refractivity (Wildman–Crippen MR) is 87.9 cm³/mol. The van der Waals surface area contributed by atoms with Crippen molar-refractivity contribution in [2.24, 2.45) is 0 Å². The van der Waals surface area contributed by atoms with E-state index in [-0.39, 0.29) is 10.6 Å². The summed E-state index contributed by atoms with van der Waals surface area (Å²) in [7, 11) is -2.36. The van der Waals surface area contributed by atoms with Crippen molar-refractivity contribution >= 4 is 53.3 Å². The van der Waals surface area contributed by atoms with Gasteiger partial charge in [0.2, 0.25) is 5.88 Å². The quantitative estimate of drug-likeness (QED) is 0.718. The minimum absolute atomic E-state index is 0.0264. The van der Waals surface area contributed by atoms with Gasteiger partial charge >= 0.3 is 0 Å². The largest absolute Gasteiger partial charge is 0.481 e. The van der Waals surface area contributed by atoms with E-state index >= 15 is 0 Å². The standard InChI is InChI=1S/C12H11Br2N3O3S/c1-20-11-3-2-8(6-16-11)17-21(18,19)12-9(14)4-7(13)5-10(12)15/h2-6,17H,15H2,1H3. The van der Waals surface area contributed by atoms with E-state index in [0.29, 0.717) is 20.5 Å². The Bertz CT molecular complexity index is 741. The molecule has 0 unspecified atom stereocenters. The molecule has 21 heavy (non-hydrogen) atoms. The minimum Gasteiger partial charge on any atom is -0.481 e. The van der Waals surface area contributed by atoms with Gasteiger partial charge in [-0.2, -0.15) is 0 Å². The number of hydrogen-bond donors (Lipinski definition) is 2. The zero-order chi connectivity index (χ0) is 15.6. The van der Waals surface area contributed by atoms with Gasteiger partial charge < -0.3 is 10.5 Å². The summed E-state index contributed by atoms with van der Waals surface area (Å²) in [6.45, 7) is 0. The Kier molecular flexibility index (Phi) is 4.74. The third-order valence-electron chi connectivity index (χ3n) is 2.50. The van der Waals surface area contributed by atoms with Crippen LogP contribution in [0.1, 0.15) is 0 Å². The third-order valence-corrected chi connectivity index (χ3v) is 5.35. The maximum absolute atomic E-state index is 12.4. The molecule has 0 radical (unpaired) electrons. The molecule has 2 aromatic rings. The number of aromatic nitrogens is 1. The summed E-state index contributed by atoms with van der Waals surface area (Å²) in [6.07, 6.45) is 1.36. The number of ether oxygens (including phenoxy) is 1. The van der Waals surface area contributed by atoms with Gasteiger partial charge in [-0.25, -0.2) is 13.4 Å². The van der Waals surface area contributed by atoms with Crippen LogP contribution in [-0.4, -0.2) is 20.5 Å². The molecular formula is C12H11Br2N3O3S. The predicted octanol–water partition coefficient (Wildman–Crippen LogP) is 3.00. The lowest BCUT2D eigenvalue weighted by atomic mass is 10.3. The molecule has 0 aliphatic rings. The van der Waals surface area contributed by atoms with Gasteiger partial charge in [-0.3, -0.25) is 4.72 Å². The van der Waals surface area contributed by atoms with Crippen LogP contribution in [-0.2, 0) is 10.0 Å². The summed E-state index contributed by atoms with van der Waals surface area (Å²) in [4.78, 5) is 3.91. The first kappa shape index (κ1) is 16.1. The normalized spacial score (nSPS) is 11.2. The van der Waals surface area contributed by atoms with Crippen molar-refractivity contribution in [1.29, 1.82) is 0 Å². The number of rotatable bonds is 4. The van der Waals surface area contributed by atoms with Crippen LogP contribution < -0.4 is 15.2 Å². The zero-order valence-electron chi connectivity index (χ0n) is 10.8. The van der Waals surface area contributed by atoms with Gasteiger partial charge in [-0.1, -0.05) is 15.9 Å². The lowest BCUT2D eigenvalue weighted by Crippen LogP contribution is -2.15. The highest BCUT2D eigenvalue weighted by atomic mass is 79.9. The van der Waals surface area contributed by atoms with E-state index in [4.69, 9.17) is 10.5 Å². The summed E-state index contributed by atoms with van der Waals surface area (Å²) in [6, 6.07) is 6.23. The van der Waals surface area contributed by atoms with Crippen LogP contribution >= 0.6 is 31.9 Å². The maximum atomic E-state index is 12.4. The van der Waals surface area contributed by atoms with Gasteiger partial charge in [-0.05, 0) is 34.1 Å². The highest BCUT2D eigenvalue weighted by molar-refractivity contribution is 9.11. The number of nitrogen functional groups attached to an aromatic ring is 1. The number of anilines is 2. The number of pyridine rings is 1. The van der Waals surface area contributed by atoms with E-state index < -0.39 is 10.0 Å². The third kappa shape index (κ3) is 3.66. The van der Waals surface area contributed by atoms with Gasteiger partial charge in [0.15, 0.2) is 0 Å². The zero-order valence-corrected chi connectivity index (χ0v) is 14.8. The average Bonchev–Trinajstić information content (AvgIpc) is 2.37. The first-order valence-electron chi connectivity index (χ1n) is 5.61. The molecule has 0 fully saturated rings. The van der Waals surface area contributed by atoms with Gasteiger partial charge in [0.25, 0.3) is 10.0 Å². The molecule has 1 aromatic heterocycles. The van der Waals surface area contributed by atoms with E-state index in [9.17, 15) is 8.42 Å². The Balaban J connectivity index is 2.38. The molecule has 0 bridgehead atoms. The molecule has 112 valence electrons. The number of benzene rings is 1. The number of methoxy groups -OCH3 is 1. The van der Waals surface area contributed by atoms with Crippen molar-refractivity contribution in [3.63, 3.8) is 0 Å². The fourth-order valence-electron chi connectivity index (χ4n) is 1.63. The van der Waals surface area contributed by atoms with Crippen LogP contribution in [0.3, 0.4) is 0 Å². The average molecular weight is 437 g/mol. The molecule has 0 saturated heterocycles. The molecule has 9 heteroatoms. The van der Waals surface area contributed by atoms with Crippen molar-refractivity contribution in [2.45, 2.75) is 4.90 Å². The van der Waals surface area contributed by atoms with Crippen molar-refractivity contribution < 1.29 is 13.2 Å². The van der Waals surface area contributed by atoms with Gasteiger partial charge in [0.05, 0.1) is 24.7 Å². The molecule has 0 atom stereocenters. The fourth-order valence-corrected chi connectivity index (χ4v) is 4.75. The highest BCUT2D eigenvalue weighted by Gasteiger charge is 2.22. The number of sulfonamides is 1. The summed E-state index contributed by atoms with van der Waals surface area (Å²) in [5.74, 6) is 0.391. The van der Waals surface area contributed by atoms with Gasteiger partial charge in [0, 0.05) is 15.0 Å². The summed E-state index contributed by atoms with van der Waals surface area (Å²) < 4.78 is 33.2. The van der Waals surface area contributed by atoms with Crippen LogP contribution in [0, 0.1) is 0 Å². The Labute approximate surface area is 139 Å². The second kappa shape index (κ2) is 6.20. The number of nitrogens with two attached hydrogens (primary N) is 1. The second-order valence-electron chi connectivity index (χ2n) is 4.00. The molecule has 3 N–H and O–H groups in total. The highest BCUT2D eigenvalue weighted by Crippen LogP contribution is 2.32. The number of halogens is 2.